The van der Waals surface area contributed by atoms with Gasteiger partial charge in [-0.25, -0.2) is 8.42 Å². The molecule has 28 heavy (non-hydrogen) atoms. The van der Waals surface area contributed by atoms with Gasteiger partial charge in [0.25, 0.3) is 11.6 Å². The number of rotatable bonds is 4. The molecule has 0 aliphatic carbocycles. The van der Waals surface area contributed by atoms with Gasteiger partial charge in [-0.15, -0.1) is 0 Å². The molecule has 2 aromatic carbocycles. The standard InChI is InChI=1S/C17H15BrClN3O5S/c18-13-2-4-14(5-3-13)28(26,27)21-9-7-20(8-10-21)17(23)12-1-6-15(19)16(11-12)22(24)25/h1-6,11H,7-10H2. The average Bonchev–Trinajstić information content (AvgIpc) is 2.68. The summed E-state index contributed by atoms with van der Waals surface area (Å²) in [6, 6.07) is 10.2. The Labute approximate surface area is 175 Å². The molecule has 1 fully saturated rings. The molecule has 1 saturated heterocycles. The third kappa shape index (κ3) is 4.19. The van der Waals surface area contributed by atoms with E-state index in [0.717, 1.165) is 10.5 Å². The van der Waals surface area contributed by atoms with Crippen molar-refractivity contribution in [2.75, 3.05) is 26.2 Å². The highest BCUT2D eigenvalue weighted by Gasteiger charge is 2.31. The molecule has 0 N–H and O–H groups in total. The minimum atomic E-state index is -3.65. The molecule has 0 unspecified atom stereocenters. The van der Waals surface area contributed by atoms with E-state index in [0.29, 0.717) is 0 Å². The Kier molecular flexibility index (Phi) is 6.04. The summed E-state index contributed by atoms with van der Waals surface area (Å²) in [6.07, 6.45) is 0. The lowest BCUT2D eigenvalue weighted by Crippen LogP contribution is -2.50. The molecule has 0 radical (unpaired) electrons. The average molecular weight is 489 g/mol. The lowest BCUT2D eigenvalue weighted by atomic mass is 10.1. The van der Waals surface area contributed by atoms with Gasteiger partial charge >= 0.3 is 0 Å². The van der Waals surface area contributed by atoms with E-state index in [4.69, 9.17) is 11.6 Å². The van der Waals surface area contributed by atoms with Crippen LogP contribution in [0.3, 0.4) is 0 Å². The molecule has 3 rings (SSSR count). The van der Waals surface area contributed by atoms with Crippen molar-refractivity contribution >= 4 is 49.1 Å². The Bertz CT molecular complexity index is 1020. The molecule has 1 aliphatic heterocycles. The predicted octanol–water partition coefficient (Wildman–Crippen LogP) is 3.16. The number of benzene rings is 2. The van der Waals surface area contributed by atoms with Crippen molar-refractivity contribution in [3.8, 4) is 0 Å². The van der Waals surface area contributed by atoms with E-state index in [2.05, 4.69) is 15.9 Å². The van der Waals surface area contributed by atoms with Crippen LogP contribution < -0.4 is 0 Å². The van der Waals surface area contributed by atoms with Crippen LogP contribution in [0.2, 0.25) is 5.02 Å². The summed E-state index contributed by atoms with van der Waals surface area (Å²) in [5, 5.41) is 11.0. The van der Waals surface area contributed by atoms with Crippen LogP contribution in [-0.2, 0) is 10.0 Å². The van der Waals surface area contributed by atoms with Gasteiger partial charge in [0.15, 0.2) is 0 Å². The normalized spacial score (nSPS) is 15.4. The van der Waals surface area contributed by atoms with Gasteiger partial charge in [-0.05, 0) is 36.4 Å². The van der Waals surface area contributed by atoms with Gasteiger partial charge in [0.05, 0.1) is 9.82 Å². The molecule has 0 bridgehead atoms. The van der Waals surface area contributed by atoms with Crippen LogP contribution in [0.1, 0.15) is 10.4 Å². The summed E-state index contributed by atoms with van der Waals surface area (Å²) in [5.74, 6) is -0.402. The van der Waals surface area contributed by atoms with Crippen LogP contribution in [-0.4, -0.2) is 54.6 Å². The minimum absolute atomic E-state index is 0.0491. The molecule has 2 aromatic rings. The summed E-state index contributed by atoms with van der Waals surface area (Å²) in [4.78, 5) is 24.6. The maximum absolute atomic E-state index is 12.7. The van der Waals surface area contributed by atoms with Crippen molar-refractivity contribution in [1.29, 1.82) is 0 Å². The fraction of sp³-hybridized carbons (Fsp3) is 0.235. The van der Waals surface area contributed by atoms with Crippen LogP contribution in [0.5, 0.6) is 0 Å². The zero-order valence-corrected chi connectivity index (χ0v) is 17.6. The molecular weight excluding hydrogens is 474 g/mol. The van der Waals surface area contributed by atoms with Crippen LogP contribution in [0.25, 0.3) is 0 Å². The number of nitro groups is 1. The zero-order valence-electron chi connectivity index (χ0n) is 14.4. The van der Waals surface area contributed by atoms with E-state index in [1.165, 1.54) is 33.5 Å². The van der Waals surface area contributed by atoms with E-state index in [1.54, 1.807) is 12.1 Å². The van der Waals surface area contributed by atoms with Gasteiger partial charge in [-0.2, -0.15) is 4.31 Å². The topological polar surface area (TPSA) is 101 Å². The third-order valence-electron chi connectivity index (χ3n) is 4.37. The maximum Gasteiger partial charge on any atom is 0.288 e. The minimum Gasteiger partial charge on any atom is -0.336 e. The van der Waals surface area contributed by atoms with Crippen LogP contribution in [0.15, 0.2) is 51.8 Å². The van der Waals surface area contributed by atoms with Crippen molar-refractivity contribution in [1.82, 2.24) is 9.21 Å². The molecule has 0 aromatic heterocycles. The highest BCUT2D eigenvalue weighted by molar-refractivity contribution is 9.10. The molecule has 1 amide bonds. The second-order valence-corrected chi connectivity index (χ2v) is 9.33. The van der Waals surface area contributed by atoms with Crippen molar-refractivity contribution in [2.24, 2.45) is 0 Å². The SMILES string of the molecule is O=C(c1ccc(Cl)c([N+](=O)[O-])c1)N1CCN(S(=O)(=O)c2ccc(Br)cc2)CC1. The zero-order chi connectivity index (χ0) is 20.5. The Morgan fingerprint density at radius 2 is 1.68 bits per heavy atom. The van der Waals surface area contributed by atoms with E-state index in [-0.39, 0.29) is 47.3 Å². The van der Waals surface area contributed by atoms with E-state index in [9.17, 15) is 23.3 Å². The Balaban J connectivity index is 1.71. The third-order valence-corrected chi connectivity index (χ3v) is 7.13. The first kappa shape index (κ1) is 20.7. The van der Waals surface area contributed by atoms with Crippen molar-refractivity contribution < 1.29 is 18.1 Å². The summed E-state index contributed by atoms with van der Waals surface area (Å²) < 4.78 is 27.5. The van der Waals surface area contributed by atoms with E-state index < -0.39 is 20.9 Å². The van der Waals surface area contributed by atoms with Crippen molar-refractivity contribution in [2.45, 2.75) is 4.90 Å². The molecule has 148 valence electrons. The monoisotopic (exact) mass is 487 g/mol. The molecular formula is C17H15BrClN3O5S. The first-order valence-corrected chi connectivity index (χ1v) is 10.8. The number of amides is 1. The van der Waals surface area contributed by atoms with Gasteiger partial charge in [0.1, 0.15) is 5.02 Å². The van der Waals surface area contributed by atoms with Gasteiger partial charge < -0.3 is 4.90 Å². The Morgan fingerprint density at radius 1 is 1.07 bits per heavy atom. The predicted molar refractivity (Wildman–Crippen MR) is 107 cm³/mol. The maximum atomic E-state index is 12.7. The lowest BCUT2D eigenvalue weighted by Gasteiger charge is -2.34. The fourth-order valence-corrected chi connectivity index (χ4v) is 4.73. The van der Waals surface area contributed by atoms with E-state index >= 15 is 0 Å². The number of hydrogen-bond acceptors (Lipinski definition) is 5. The molecule has 11 heteroatoms. The first-order chi connectivity index (χ1) is 13.2. The number of halogens is 2. The second-order valence-electron chi connectivity index (χ2n) is 6.07. The number of nitro benzene ring substituents is 1. The molecule has 8 nitrogen and oxygen atoms in total. The number of carbonyl (C=O) groups excluding carboxylic acids is 1. The lowest BCUT2D eigenvalue weighted by molar-refractivity contribution is -0.384. The quantitative estimate of drug-likeness (QED) is 0.486. The van der Waals surface area contributed by atoms with Gasteiger partial charge in [-0.3, -0.25) is 14.9 Å². The summed E-state index contributed by atoms with van der Waals surface area (Å²) >= 11 is 9.05. The van der Waals surface area contributed by atoms with Gasteiger partial charge in [0.2, 0.25) is 10.0 Å². The number of sulfonamides is 1. The number of nitrogens with zero attached hydrogens (tertiary/aromatic N) is 3. The molecule has 1 aliphatic rings. The molecule has 1 heterocycles. The van der Waals surface area contributed by atoms with Crippen LogP contribution in [0, 0.1) is 10.1 Å². The fourth-order valence-electron chi connectivity index (χ4n) is 2.86. The van der Waals surface area contributed by atoms with Crippen LogP contribution >= 0.6 is 27.5 Å². The number of carbonyl (C=O) groups is 1. The highest BCUT2D eigenvalue weighted by Crippen LogP contribution is 2.26. The van der Waals surface area contributed by atoms with Crippen molar-refractivity contribution in [3.05, 3.63) is 67.6 Å². The second kappa shape index (κ2) is 8.16. The largest absolute Gasteiger partial charge is 0.336 e. The molecule has 0 spiro atoms. The van der Waals surface area contributed by atoms with Crippen LogP contribution in [0.4, 0.5) is 5.69 Å². The Hall–Kier alpha value is -2.01. The molecule has 0 saturated carbocycles. The van der Waals surface area contributed by atoms with Gasteiger partial charge in [0, 0.05) is 42.3 Å². The summed E-state index contributed by atoms with van der Waals surface area (Å²) in [6.45, 7) is 0.648. The van der Waals surface area contributed by atoms with Gasteiger partial charge in [-0.1, -0.05) is 27.5 Å². The Morgan fingerprint density at radius 3 is 2.25 bits per heavy atom. The number of piperazine rings is 1. The highest BCUT2D eigenvalue weighted by atomic mass is 79.9. The first-order valence-electron chi connectivity index (χ1n) is 8.19. The smallest absolute Gasteiger partial charge is 0.288 e. The number of hydrogen-bond donors (Lipinski definition) is 0. The molecule has 0 atom stereocenters. The van der Waals surface area contributed by atoms with Crippen molar-refractivity contribution in [3.63, 3.8) is 0 Å². The summed E-state index contributed by atoms with van der Waals surface area (Å²) in [7, 11) is -3.65. The van der Waals surface area contributed by atoms with E-state index in [1.807, 2.05) is 0 Å². The summed E-state index contributed by atoms with van der Waals surface area (Å²) in [5.41, 5.74) is -0.204.